The van der Waals surface area contributed by atoms with Crippen LogP contribution in [0.2, 0.25) is 0 Å². The molecule has 0 aliphatic heterocycles. The third kappa shape index (κ3) is 3.42. The van der Waals surface area contributed by atoms with E-state index in [0.29, 0.717) is 6.42 Å². The van der Waals surface area contributed by atoms with Crippen LogP contribution in [0.1, 0.15) is 31.2 Å². The van der Waals surface area contributed by atoms with E-state index >= 15 is 0 Å². The van der Waals surface area contributed by atoms with Crippen LogP contribution in [0.3, 0.4) is 0 Å². The van der Waals surface area contributed by atoms with Gasteiger partial charge in [-0.2, -0.15) is 0 Å². The first kappa shape index (κ1) is 14.2. The fourth-order valence-corrected chi connectivity index (χ4v) is 2.41. The fourth-order valence-electron chi connectivity index (χ4n) is 2.41. The predicted octanol–water partition coefficient (Wildman–Crippen LogP) is 2.79. The average molecular weight is 272 g/mol. The summed E-state index contributed by atoms with van der Waals surface area (Å²) in [4.78, 5) is 0. The van der Waals surface area contributed by atoms with Crippen molar-refractivity contribution in [2.75, 3.05) is 7.11 Å². The molecule has 0 spiro atoms. The van der Waals surface area contributed by atoms with Crippen LogP contribution in [0.4, 0.5) is 8.78 Å². The van der Waals surface area contributed by atoms with E-state index in [1.54, 1.807) is 7.11 Å². The first-order valence-electron chi connectivity index (χ1n) is 6.42. The Balaban J connectivity index is 2.10. The number of ether oxygens (including phenoxy) is 2. The Morgan fingerprint density at radius 1 is 1.21 bits per heavy atom. The third-order valence-electron chi connectivity index (χ3n) is 3.44. The van der Waals surface area contributed by atoms with Gasteiger partial charge < -0.3 is 14.6 Å². The Hall–Kier alpha value is -1.20. The maximum Gasteiger partial charge on any atom is 0.191 e. The number of benzene rings is 1. The number of aliphatic hydroxyl groups is 1. The van der Waals surface area contributed by atoms with Crippen molar-refractivity contribution in [3.63, 3.8) is 0 Å². The molecule has 0 aromatic heterocycles. The lowest BCUT2D eigenvalue weighted by Gasteiger charge is -2.28. The molecule has 1 aliphatic rings. The van der Waals surface area contributed by atoms with E-state index in [1.165, 1.54) is 0 Å². The highest BCUT2D eigenvalue weighted by atomic mass is 19.1. The average Bonchev–Trinajstić information content (AvgIpc) is 2.42. The number of hydrogen-bond donors (Lipinski definition) is 1. The molecule has 1 saturated carbocycles. The van der Waals surface area contributed by atoms with E-state index < -0.39 is 18.2 Å². The predicted molar refractivity (Wildman–Crippen MR) is 66.0 cm³/mol. The zero-order chi connectivity index (χ0) is 13.8. The maximum absolute atomic E-state index is 13.7. The molecule has 0 radical (unpaired) electrons. The minimum Gasteiger partial charge on any atom is -0.484 e. The highest BCUT2D eigenvalue weighted by Gasteiger charge is 2.25. The molecule has 2 unspecified atom stereocenters. The summed E-state index contributed by atoms with van der Waals surface area (Å²) >= 11 is 0. The van der Waals surface area contributed by atoms with Crippen LogP contribution in [0, 0.1) is 11.6 Å². The topological polar surface area (TPSA) is 38.7 Å². The summed E-state index contributed by atoms with van der Waals surface area (Å²) in [6, 6.07) is 2.18. The summed E-state index contributed by atoms with van der Waals surface area (Å²) in [6.45, 7) is -0.400. The van der Waals surface area contributed by atoms with Crippen LogP contribution in [-0.2, 0) is 11.3 Å². The first-order valence-corrected chi connectivity index (χ1v) is 6.42. The molecular formula is C14H18F2O3. The molecule has 1 fully saturated rings. The molecule has 0 heterocycles. The molecule has 1 aromatic carbocycles. The van der Waals surface area contributed by atoms with Crippen LogP contribution in [-0.4, -0.2) is 24.4 Å². The third-order valence-corrected chi connectivity index (χ3v) is 3.44. The van der Waals surface area contributed by atoms with E-state index in [0.717, 1.165) is 31.4 Å². The van der Waals surface area contributed by atoms with Gasteiger partial charge in [-0.25, -0.2) is 8.78 Å². The minimum absolute atomic E-state index is 0.0848. The van der Waals surface area contributed by atoms with Crippen LogP contribution < -0.4 is 4.74 Å². The van der Waals surface area contributed by atoms with Crippen molar-refractivity contribution in [3.05, 3.63) is 29.3 Å². The summed E-state index contributed by atoms with van der Waals surface area (Å²) in [6.07, 6.45) is 3.12. The summed E-state index contributed by atoms with van der Waals surface area (Å²) < 4.78 is 38.1. The van der Waals surface area contributed by atoms with Crippen molar-refractivity contribution in [3.8, 4) is 5.75 Å². The van der Waals surface area contributed by atoms with E-state index in [1.807, 2.05) is 0 Å². The molecule has 5 heteroatoms. The molecule has 1 N–H and O–H groups in total. The van der Waals surface area contributed by atoms with Crippen molar-refractivity contribution in [1.29, 1.82) is 0 Å². The van der Waals surface area contributed by atoms with E-state index in [-0.39, 0.29) is 23.5 Å². The Morgan fingerprint density at radius 3 is 2.42 bits per heavy atom. The maximum atomic E-state index is 13.7. The molecule has 1 aromatic rings. The van der Waals surface area contributed by atoms with E-state index in [4.69, 9.17) is 14.6 Å². The Bertz CT molecular complexity index is 414. The van der Waals surface area contributed by atoms with Crippen LogP contribution >= 0.6 is 0 Å². The highest BCUT2D eigenvalue weighted by molar-refractivity contribution is 5.31. The van der Waals surface area contributed by atoms with Gasteiger partial charge in [0, 0.05) is 13.5 Å². The molecule has 2 atom stereocenters. The fraction of sp³-hybridized carbons (Fsp3) is 0.571. The summed E-state index contributed by atoms with van der Waals surface area (Å²) in [5, 5.41) is 8.87. The molecule has 2 rings (SSSR count). The van der Waals surface area contributed by atoms with Gasteiger partial charge in [-0.1, -0.05) is 0 Å². The Labute approximate surface area is 111 Å². The smallest absolute Gasteiger partial charge is 0.191 e. The SMILES string of the molecule is COC1CCCC(Oc2c(F)cc(CO)cc2F)C1. The highest BCUT2D eigenvalue weighted by Crippen LogP contribution is 2.29. The summed E-state index contributed by atoms with van der Waals surface area (Å²) in [5.74, 6) is -1.91. The van der Waals surface area contributed by atoms with Gasteiger partial charge in [-0.15, -0.1) is 0 Å². The lowest BCUT2D eigenvalue weighted by Crippen LogP contribution is -2.30. The summed E-state index contributed by atoms with van der Waals surface area (Å²) in [7, 11) is 1.63. The summed E-state index contributed by atoms with van der Waals surface area (Å²) in [5.41, 5.74) is 0.195. The second kappa shape index (κ2) is 6.30. The molecule has 106 valence electrons. The standard InChI is InChI=1S/C14H18F2O3/c1-18-10-3-2-4-11(7-10)19-14-12(15)5-9(8-17)6-13(14)16/h5-6,10-11,17H,2-4,7-8H2,1H3. The van der Waals surface area contributed by atoms with Gasteiger partial charge in [0.2, 0.25) is 0 Å². The number of halogens is 2. The normalized spacial score (nSPS) is 23.4. The van der Waals surface area contributed by atoms with Crippen molar-refractivity contribution in [1.82, 2.24) is 0 Å². The van der Waals surface area contributed by atoms with Crippen LogP contribution in [0.25, 0.3) is 0 Å². The van der Waals surface area contributed by atoms with Crippen molar-refractivity contribution < 1.29 is 23.4 Å². The molecule has 0 saturated heterocycles. The molecule has 1 aliphatic carbocycles. The quantitative estimate of drug-likeness (QED) is 0.916. The second-order valence-corrected chi connectivity index (χ2v) is 4.81. The van der Waals surface area contributed by atoms with Crippen molar-refractivity contribution in [2.45, 2.75) is 44.5 Å². The van der Waals surface area contributed by atoms with Gasteiger partial charge in [0.25, 0.3) is 0 Å². The number of rotatable bonds is 4. The van der Waals surface area contributed by atoms with E-state index in [9.17, 15) is 8.78 Å². The number of hydrogen-bond acceptors (Lipinski definition) is 3. The Kier molecular flexibility index (Phi) is 4.71. The molecule has 19 heavy (non-hydrogen) atoms. The number of methoxy groups -OCH3 is 1. The molecular weight excluding hydrogens is 254 g/mol. The van der Waals surface area contributed by atoms with Gasteiger partial charge in [0.15, 0.2) is 17.4 Å². The van der Waals surface area contributed by atoms with Crippen molar-refractivity contribution in [2.24, 2.45) is 0 Å². The zero-order valence-electron chi connectivity index (χ0n) is 10.9. The lowest BCUT2D eigenvalue weighted by molar-refractivity contribution is 0.0184. The molecule has 0 bridgehead atoms. The number of aliphatic hydroxyl groups excluding tert-OH is 1. The molecule has 0 amide bonds. The van der Waals surface area contributed by atoms with Gasteiger partial charge in [0.1, 0.15) is 6.10 Å². The van der Waals surface area contributed by atoms with Crippen LogP contribution in [0.15, 0.2) is 12.1 Å². The van der Waals surface area contributed by atoms with Gasteiger partial charge in [-0.05, 0) is 37.0 Å². The Morgan fingerprint density at radius 2 is 1.84 bits per heavy atom. The lowest BCUT2D eigenvalue weighted by atomic mass is 9.95. The second-order valence-electron chi connectivity index (χ2n) is 4.81. The van der Waals surface area contributed by atoms with Gasteiger partial charge >= 0.3 is 0 Å². The van der Waals surface area contributed by atoms with Gasteiger partial charge in [0.05, 0.1) is 12.7 Å². The molecule has 3 nitrogen and oxygen atoms in total. The van der Waals surface area contributed by atoms with Gasteiger partial charge in [-0.3, -0.25) is 0 Å². The van der Waals surface area contributed by atoms with Crippen molar-refractivity contribution >= 4 is 0 Å². The van der Waals surface area contributed by atoms with E-state index in [2.05, 4.69) is 0 Å². The zero-order valence-corrected chi connectivity index (χ0v) is 10.9. The monoisotopic (exact) mass is 272 g/mol. The largest absolute Gasteiger partial charge is 0.484 e. The minimum atomic E-state index is -0.774. The van der Waals surface area contributed by atoms with Crippen LogP contribution in [0.5, 0.6) is 5.75 Å². The first-order chi connectivity index (χ1) is 9.13.